The first-order valence-corrected chi connectivity index (χ1v) is 3.96. The molecule has 6 heteroatoms. The molecule has 0 saturated heterocycles. The van der Waals surface area contributed by atoms with Crippen molar-refractivity contribution < 1.29 is 9.90 Å². The van der Waals surface area contributed by atoms with Crippen LogP contribution in [-0.4, -0.2) is 32.6 Å². The fourth-order valence-corrected chi connectivity index (χ4v) is 0.862. The molecule has 0 radical (unpaired) electrons. The smallest absolute Gasteiger partial charge is 0.242 e. The molecule has 1 atom stereocenters. The molecule has 0 spiro atoms. The Balaban J connectivity index is 2.73. The lowest BCUT2D eigenvalue weighted by Crippen LogP contribution is -2.24. The number of primary amides is 1. The van der Waals surface area contributed by atoms with Gasteiger partial charge in [0.15, 0.2) is 0 Å². The molecule has 1 unspecified atom stereocenters. The van der Waals surface area contributed by atoms with E-state index in [9.17, 15) is 4.79 Å². The molecule has 72 valence electrons. The first-order chi connectivity index (χ1) is 6.15. The molecule has 3 N–H and O–H groups in total. The Labute approximate surface area is 75.3 Å². The van der Waals surface area contributed by atoms with Gasteiger partial charge in [-0.25, -0.2) is 4.68 Å². The average Bonchev–Trinajstić information content (AvgIpc) is 2.52. The van der Waals surface area contributed by atoms with Crippen LogP contribution in [0, 0.1) is 0 Å². The third-order valence-corrected chi connectivity index (χ3v) is 1.73. The van der Waals surface area contributed by atoms with E-state index in [0.717, 1.165) is 0 Å². The molecule has 1 heterocycles. The molecule has 0 aliphatic rings. The van der Waals surface area contributed by atoms with E-state index in [0.29, 0.717) is 12.1 Å². The summed E-state index contributed by atoms with van der Waals surface area (Å²) >= 11 is 0. The van der Waals surface area contributed by atoms with E-state index in [1.807, 2.05) is 0 Å². The minimum atomic E-state index is -0.500. The SMILES string of the molecule is CC(C(N)=O)n1cc(CCO)nn1. The number of carbonyl (C=O) groups is 1. The zero-order chi connectivity index (χ0) is 9.84. The molecular weight excluding hydrogens is 172 g/mol. The predicted octanol–water partition coefficient (Wildman–Crippen LogP) is -1.14. The summed E-state index contributed by atoms with van der Waals surface area (Å²) < 4.78 is 1.38. The van der Waals surface area contributed by atoms with Gasteiger partial charge in [-0.05, 0) is 6.92 Å². The molecule has 13 heavy (non-hydrogen) atoms. The second-order valence-electron chi connectivity index (χ2n) is 2.74. The van der Waals surface area contributed by atoms with Gasteiger partial charge in [0.25, 0.3) is 0 Å². The number of amides is 1. The molecule has 1 amide bonds. The van der Waals surface area contributed by atoms with Crippen molar-refractivity contribution in [3.63, 3.8) is 0 Å². The van der Waals surface area contributed by atoms with E-state index < -0.39 is 11.9 Å². The zero-order valence-corrected chi connectivity index (χ0v) is 7.34. The van der Waals surface area contributed by atoms with Gasteiger partial charge in [0, 0.05) is 19.2 Å². The van der Waals surface area contributed by atoms with Crippen LogP contribution in [0.2, 0.25) is 0 Å². The molecule has 6 nitrogen and oxygen atoms in total. The summed E-state index contributed by atoms with van der Waals surface area (Å²) in [6.07, 6.45) is 2.04. The van der Waals surface area contributed by atoms with Crippen LogP contribution in [0.3, 0.4) is 0 Å². The number of hydrogen-bond donors (Lipinski definition) is 2. The Morgan fingerprint density at radius 1 is 1.85 bits per heavy atom. The van der Waals surface area contributed by atoms with Crippen LogP contribution in [0.15, 0.2) is 6.20 Å². The van der Waals surface area contributed by atoms with Gasteiger partial charge in [-0.3, -0.25) is 4.79 Å². The van der Waals surface area contributed by atoms with Crippen molar-refractivity contribution in [3.05, 3.63) is 11.9 Å². The van der Waals surface area contributed by atoms with Crippen molar-refractivity contribution in [1.29, 1.82) is 0 Å². The predicted molar refractivity (Wildman–Crippen MR) is 44.7 cm³/mol. The van der Waals surface area contributed by atoms with Gasteiger partial charge >= 0.3 is 0 Å². The van der Waals surface area contributed by atoms with Crippen LogP contribution in [-0.2, 0) is 11.2 Å². The van der Waals surface area contributed by atoms with Crippen molar-refractivity contribution >= 4 is 5.91 Å². The highest BCUT2D eigenvalue weighted by Gasteiger charge is 2.12. The van der Waals surface area contributed by atoms with Gasteiger partial charge in [-0.1, -0.05) is 5.21 Å². The first kappa shape index (κ1) is 9.66. The molecule has 0 saturated carbocycles. The zero-order valence-electron chi connectivity index (χ0n) is 7.34. The Hall–Kier alpha value is -1.43. The summed E-state index contributed by atoms with van der Waals surface area (Å²) in [5, 5.41) is 16.1. The quantitative estimate of drug-likeness (QED) is 0.618. The molecule has 1 aromatic rings. The molecule has 1 rings (SSSR count). The molecular formula is C7H12N4O2. The van der Waals surface area contributed by atoms with E-state index in [1.165, 1.54) is 4.68 Å². The summed E-state index contributed by atoms with van der Waals surface area (Å²) in [5.41, 5.74) is 5.72. The fraction of sp³-hybridized carbons (Fsp3) is 0.571. The first-order valence-electron chi connectivity index (χ1n) is 3.96. The Kier molecular flexibility index (Phi) is 2.97. The Morgan fingerprint density at radius 3 is 3.08 bits per heavy atom. The minimum Gasteiger partial charge on any atom is -0.396 e. The molecule has 0 aliphatic heterocycles. The number of aliphatic hydroxyl groups is 1. The number of aromatic nitrogens is 3. The third-order valence-electron chi connectivity index (χ3n) is 1.73. The van der Waals surface area contributed by atoms with Gasteiger partial charge in [-0.2, -0.15) is 0 Å². The molecule has 0 aliphatic carbocycles. The average molecular weight is 184 g/mol. The highest BCUT2D eigenvalue weighted by Crippen LogP contribution is 2.03. The number of aliphatic hydroxyl groups excluding tert-OH is 1. The number of carbonyl (C=O) groups excluding carboxylic acids is 1. The maximum Gasteiger partial charge on any atom is 0.242 e. The van der Waals surface area contributed by atoms with Crippen molar-refractivity contribution in [1.82, 2.24) is 15.0 Å². The van der Waals surface area contributed by atoms with Crippen molar-refractivity contribution in [2.75, 3.05) is 6.61 Å². The summed E-state index contributed by atoms with van der Waals surface area (Å²) in [5.74, 6) is -0.458. The van der Waals surface area contributed by atoms with Crippen LogP contribution < -0.4 is 5.73 Å². The van der Waals surface area contributed by atoms with Gasteiger partial charge < -0.3 is 10.8 Å². The summed E-state index contributed by atoms with van der Waals surface area (Å²) in [6, 6.07) is -0.500. The maximum atomic E-state index is 10.8. The monoisotopic (exact) mass is 184 g/mol. The summed E-state index contributed by atoms with van der Waals surface area (Å²) in [4.78, 5) is 10.8. The molecule has 1 aromatic heterocycles. The Bertz CT molecular complexity index is 296. The molecule has 0 bridgehead atoms. The van der Waals surface area contributed by atoms with E-state index in [-0.39, 0.29) is 6.61 Å². The van der Waals surface area contributed by atoms with E-state index in [2.05, 4.69) is 10.3 Å². The lowest BCUT2D eigenvalue weighted by molar-refractivity contribution is -0.120. The van der Waals surface area contributed by atoms with E-state index >= 15 is 0 Å². The summed E-state index contributed by atoms with van der Waals surface area (Å²) in [7, 11) is 0. The normalized spacial score (nSPS) is 12.8. The maximum absolute atomic E-state index is 10.8. The standard InChI is InChI=1S/C7H12N4O2/c1-5(7(8)13)11-4-6(2-3-12)9-10-11/h4-5,12H,2-3H2,1H3,(H2,8,13). The molecule has 0 fully saturated rings. The number of rotatable bonds is 4. The number of nitrogens with zero attached hydrogens (tertiary/aromatic N) is 3. The van der Waals surface area contributed by atoms with Crippen LogP contribution in [0.5, 0.6) is 0 Å². The largest absolute Gasteiger partial charge is 0.396 e. The second-order valence-corrected chi connectivity index (χ2v) is 2.74. The number of hydrogen-bond acceptors (Lipinski definition) is 4. The van der Waals surface area contributed by atoms with Crippen molar-refractivity contribution in [3.8, 4) is 0 Å². The van der Waals surface area contributed by atoms with Crippen LogP contribution in [0.1, 0.15) is 18.7 Å². The lowest BCUT2D eigenvalue weighted by atomic mass is 10.3. The lowest BCUT2D eigenvalue weighted by Gasteiger charge is -2.04. The van der Waals surface area contributed by atoms with Crippen LogP contribution in [0.4, 0.5) is 0 Å². The van der Waals surface area contributed by atoms with Gasteiger partial charge in [0.2, 0.25) is 5.91 Å². The second kappa shape index (κ2) is 3.99. The fourth-order valence-electron chi connectivity index (χ4n) is 0.862. The van der Waals surface area contributed by atoms with Crippen LogP contribution >= 0.6 is 0 Å². The minimum absolute atomic E-state index is 0.0175. The summed E-state index contributed by atoms with van der Waals surface area (Å²) in [6.45, 7) is 1.66. The highest BCUT2D eigenvalue weighted by molar-refractivity contribution is 5.77. The highest BCUT2D eigenvalue weighted by atomic mass is 16.3. The van der Waals surface area contributed by atoms with Gasteiger partial charge in [0.1, 0.15) is 6.04 Å². The van der Waals surface area contributed by atoms with E-state index in [1.54, 1.807) is 13.1 Å². The third kappa shape index (κ3) is 2.25. The number of nitrogens with two attached hydrogens (primary N) is 1. The van der Waals surface area contributed by atoms with Crippen molar-refractivity contribution in [2.45, 2.75) is 19.4 Å². The van der Waals surface area contributed by atoms with Gasteiger partial charge in [-0.15, -0.1) is 5.10 Å². The van der Waals surface area contributed by atoms with Crippen molar-refractivity contribution in [2.24, 2.45) is 5.73 Å². The Morgan fingerprint density at radius 2 is 2.54 bits per heavy atom. The van der Waals surface area contributed by atoms with Gasteiger partial charge in [0.05, 0.1) is 5.69 Å². The topological polar surface area (TPSA) is 94.0 Å². The van der Waals surface area contributed by atoms with Crippen LogP contribution in [0.25, 0.3) is 0 Å². The van der Waals surface area contributed by atoms with E-state index in [4.69, 9.17) is 10.8 Å². The molecule has 0 aromatic carbocycles.